The number of benzene rings is 1. The third-order valence-electron chi connectivity index (χ3n) is 1.49. The third-order valence-corrected chi connectivity index (χ3v) is 1.49. The summed E-state index contributed by atoms with van der Waals surface area (Å²) in [4.78, 5) is 10.4. The first-order valence-electron chi connectivity index (χ1n) is 4.07. The molecule has 0 bridgehead atoms. The van der Waals surface area contributed by atoms with Crippen LogP contribution in [0.1, 0.15) is 17.3 Å². The van der Waals surface area contributed by atoms with Gasteiger partial charge in [0.2, 0.25) is 0 Å². The SMILES string of the molecule is CC(F)(F)COc1cccc(C=O)c1. The summed E-state index contributed by atoms with van der Waals surface area (Å²) >= 11 is 0. The van der Waals surface area contributed by atoms with Gasteiger partial charge in [-0.25, -0.2) is 8.78 Å². The Morgan fingerprint density at radius 2 is 2.21 bits per heavy atom. The molecule has 1 aromatic carbocycles. The molecule has 0 spiro atoms. The van der Waals surface area contributed by atoms with Crippen LogP contribution in [0.2, 0.25) is 0 Å². The van der Waals surface area contributed by atoms with Crippen molar-refractivity contribution in [2.24, 2.45) is 0 Å². The van der Waals surface area contributed by atoms with Gasteiger partial charge in [0.15, 0.2) is 6.61 Å². The van der Waals surface area contributed by atoms with Crippen LogP contribution in [0.4, 0.5) is 8.78 Å². The average Bonchev–Trinajstić information content (AvgIpc) is 2.14. The van der Waals surface area contributed by atoms with Crippen molar-refractivity contribution in [1.82, 2.24) is 0 Å². The highest BCUT2D eigenvalue weighted by atomic mass is 19.3. The number of alkyl halides is 2. The zero-order valence-electron chi connectivity index (χ0n) is 7.67. The van der Waals surface area contributed by atoms with Gasteiger partial charge in [0.25, 0.3) is 5.92 Å². The number of hydrogen-bond donors (Lipinski definition) is 0. The van der Waals surface area contributed by atoms with Crippen molar-refractivity contribution in [2.75, 3.05) is 6.61 Å². The summed E-state index contributed by atoms with van der Waals surface area (Å²) < 4.78 is 29.6. The minimum atomic E-state index is -2.86. The van der Waals surface area contributed by atoms with E-state index in [1.165, 1.54) is 12.1 Å². The molecule has 76 valence electrons. The average molecular weight is 200 g/mol. The molecule has 0 heterocycles. The van der Waals surface area contributed by atoms with Crippen molar-refractivity contribution < 1.29 is 18.3 Å². The Hall–Kier alpha value is -1.45. The van der Waals surface area contributed by atoms with Crippen LogP contribution < -0.4 is 4.74 Å². The molecule has 0 aromatic heterocycles. The normalized spacial score (nSPS) is 11.1. The number of carbonyl (C=O) groups excluding carboxylic acids is 1. The molecule has 0 N–H and O–H groups in total. The second kappa shape index (κ2) is 4.17. The van der Waals surface area contributed by atoms with Crippen molar-refractivity contribution >= 4 is 6.29 Å². The van der Waals surface area contributed by atoms with E-state index in [9.17, 15) is 13.6 Å². The molecule has 0 unspecified atom stereocenters. The van der Waals surface area contributed by atoms with Crippen LogP contribution in [0, 0.1) is 0 Å². The molecular formula is C10H10F2O2. The molecule has 1 aromatic rings. The van der Waals surface area contributed by atoms with Gasteiger partial charge in [0, 0.05) is 12.5 Å². The van der Waals surface area contributed by atoms with Gasteiger partial charge in [0.1, 0.15) is 12.0 Å². The molecule has 0 fully saturated rings. The van der Waals surface area contributed by atoms with Crippen molar-refractivity contribution in [1.29, 1.82) is 0 Å². The molecule has 0 saturated carbocycles. The number of ether oxygens (including phenoxy) is 1. The van der Waals surface area contributed by atoms with Crippen LogP contribution in [-0.2, 0) is 0 Å². The zero-order chi connectivity index (χ0) is 10.6. The molecule has 0 aliphatic heterocycles. The first kappa shape index (κ1) is 10.6. The second-order valence-corrected chi connectivity index (χ2v) is 3.05. The fraction of sp³-hybridized carbons (Fsp3) is 0.300. The van der Waals surface area contributed by atoms with Gasteiger partial charge in [-0.1, -0.05) is 12.1 Å². The van der Waals surface area contributed by atoms with Gasteiger partial charge in [-0.05, 0) is 12.1 Å². The Morgan fingerprint density at radius 1 is 1.50 bits per heavy atom. The molecule has 1 rings (SSSR count). The Balaban J connectivity index is 2.63. The predicted octanol–water partition coefficient (Wildman–Crippen LogP) is 2.53. The predicted molar refractivity (Wildman–Crippen MR) is 47.9 cm³/mol. The Labute approximate surface area is 80.5 Å². The van der Waals surface area contributed by atoms with E-state index in [0.717, 1.165) is 6.92 Å². The Bertz CT molecular complexity index is 318. The summed E-state index contributed by atoms with van der Waals surface area (Å²) in [6, 6.07) is 6.09. The van der Waals surface area contributed by atoms with Crippen molar-refractivity contribution in [3.8, 4) is 5.75 Å². The largest absolute Gasteiger partial charge is 0.487 e. The van der Waals surface area contributed by atoms with Gasteiger partial charge in [-0.3, -0.25) is 4.79 Å². The smallest absolute Gasteiger partial charge is 0.278 e. The van der Waals surface area contributed by atoms with Crippen molar-refractivity contribution in [3.63, 3.8) is 0 Å². The maximum atomic E-state index is 12.4. The molecule has 0 amide bonds. The lowest BCUT2D eigenvalue weighted by Gasteiger charge is -2.11. The zero-order valence-corrected chi connectivity index (χ0v) is 7.67. The molecular weight excluding hydrogens is 190 g/mol. The first-order chi connectivity index (χ1) is 6.51. The maximum absolute atomic E-state index is 12.4. The number of rotatable bonds is 4. The van der Waals surface area contributed by atoms with Gasteiger partial charge < -0.3 is 4.74 Å². The summed E-state index contributed by atoms with van der Waals surface area (Å²) in [7, 11) is 0. The van der Waals surface area contributed by atoms with E-state index in [4.69, 9.17) is 4.74 Å². The Kier molecular flexibility index (Phi) is 3.17. The lowest BCUT2D eigenvalue weighted by atomic mass is 10.2. The highest BCUT2D eigenvalue weighted by Gasteiger charge is 2.21. The van der Waals surface area contributed by atoms with Crippen molar-refractivity contribution in [3.05, 3.63) is 29.8 Å². The highest BCUT2D eigenvalue weighted by Crippen LogP contribution is 2.17. The molecule has 0 aliphatic rings. The van der Waals surface area contributed by atoms with E-state index in [1.807, 2.05) is 0 Å². The van der Waals surface area contributed by atoms with Gasteiger partial charge in [0.05, 0.1) is 0 Å². The van der Waals surface area contributed by atoms with Crippen molar-refractivity contribution in [2.45, 2.75) is 12.8 Å². The van der Waals surface area contributed by atoms with E-state index < -0.39 is 12.5 Å². The third kappa shape index (κ3) is 3.51. The van der Waals surface area contributed by atoms with Crippen LogP contribution in [0.15, 0.2) is 24.3 Å². The molecule has 0 atom stereocenters. The topological polar surface area (TPSA) is 26.3 Å². The lowest BCUT2D eigenvalue weighted by Crippen LogP contribution is -2.20. The standard InChI is InChI=1S/C10H10F2O2/c1-10(11,12)7-14-9-4-2-3-8(5-9)6-13/h2-6H,7H2,1H3. The first-order valence-corrected chi connectivity index (χ1v) is 4.07. The van der Waals surface area contributed by atoms with Crippen LogP contribution in [0.25, 0.3) is 0 Å². The maximum Gasteiger partial charge on any atom is 0.278 e. The summed E-state index contributed by atoms with van der Waals surface area (Å²) in [6.07, 6.45) is 0.636. The Morgan fingerprint density at radius 3 is 2.79 bits per heavy atom. The summed E-state index contributed by atoms with van der Waals surface area (Å²) in [5.41, 5.74) is 0.405. The van der Waals surface area contributed by atoms with Crippen LogP contribution in [0.3, 0.4) is 0 Å². The van der Waals surface area contributed by atoms with Crippen LogP contribution in [-0.4, -0.2) is 18.8 Å². The van der Waals surface area contributed by atoms with Crippen LogP contribution >= 0.6 is 0 Å². The summed E-state index contributed by atoms with van der Waals surface area (Å²) in [5.74, 6) is -2.59. The molecule has 2 nitrogen and oxygen atoms in total. The van der Waals surface area contributed by atoms with E-state index in [1.54, 1.807) is 12.1 Å². The lowest BCUT2D eigenvalue weighted by molar-refractivity contribution is -0.0229. The minimum absolute atomic E-state index is 0.274. The highest BCUT2D eigenvalue weighted by molar-refractivity contribution is 5.75. The quantitative estimate of drug-likeness (QED) is 0.698. The summed E-state index contributed by atoms with van der Waals surface area (Å²) in [5, 5.41) is 0. The second-order valence-electron chi connectivity index (χ2n) is 3.05. The van der Waals surface area contributed by atoms with E-state index >= 15 is 0 Å². The van der Waals surface area contributed by atoms with Gasteiger partial charge >= 0.3 is 0 Å². The molecule has 0 radical (unpaired) electrons. The van der Waals surface area contributed by atoms with E-state index in [0.29, 0.717) is 11.8 Å². The molecule has 0 aliphatic carbocycles. The fourth-order valence-electron chi connectivity index (χ4n) is 0.888. The minimum Gasteiger partial charge on any atom is -0.487 e. The van der Waals surface area contributed by atoms with E-state index in [2.05, 4.69) is 0 Å². The number of halogens is 2. The monoisotopic (exact) mass is 200 g/mol. The van der Waals surface area contributed by atoms with Gasteiger partial charge in [-0.15, -0.1) is 0 Å². The van der Waals surface area contributed by atoms with Crippen LogP contribution in [0.5, 0.6) is 5.75 Å². The molecule has 14 heavy (non-hydrogen) atoms. The van der Waals surface area contributed by atoms with E-state index in [-0.39, 0.29) is 5.75 Å². The number of aldehydes is 1. The van der Waals surface area contributed by atoms with Gasteiger partial charge in [-0.2, -0.15) is 0 Å². The molecule has 0 saturated heterocycles. The number of hydrogen-bond acceptors (Lipinski definition) is 2. The fourth-order valence-corrected chi connectivity index (χ4v) is 0.888. The summed E-state index contributed by atoms with van der Waals surface area (Å²) in [6.45, 7) is 0.0892. The number of carbonyl (C=O) groups is 1. The molecule has 4 heteroatoms.